The molecule has 2 aromatic rings. The van der Waals surface area contributed by atoms with Crippen LogP contribution in [0.3, 0.4) is 0 Å². The van der Waals surface area contributed by atoms with Gasteiger partial charge in [0.05, 0.1) is 10.6 Å². The molecule has 0 saturated carbocycles. The molecule has 0 aliphatic carbocycles. The Kier molecular flexibility index (Phi) is 3.68. The largest absolute Gasteiger partial charge is 0.398 e. The van der Waals surface area contributed by atoms with E-state index in [2.05, 4.69) is 21.2 Å². The van der Waals surface area contributed by atoms with E-state index in [-0.39, 0.29) is 11.6 Å². The number of carbonyl (C=O) groups excluding carboxylic acids is 1. The fourth-order valence-corrected chi connectivity index (χ4v) is 2.55. The number of anilines is 2. The predicted octanol–water partition coefficient (Wildman–Crippen LogP) is 3.79. The van der Waals surface area contributed by atoms with E-state index in [0.717, 1.165) is 4.88 Å². The maximum Gasteiger partial charge on any atom is 0.265 e. The Morgan fingerprint density at radius 3 is 2.72 bits per heavy atom. The molecule has 0 spiro atoms. The quantitative estimate of drug-likeness (QED) is 0.881. The molecule has 0 fully saturated rings. The molecule has 2 rings (SSSR count). The number of nitrogens with two attached hydrogens (primary N) is 1. The number of aryl methyl sites for hydroxylation is 1. The minimum Gasteiger partial charge on any atom is -0.398 e. The van der Waals surface area contributed by atoms with Gasteiger partial charge in [0, 0.05) is 15.0 Å². The van der Waals surface area contributed by atoms with Gasteiger partial charge in [0.15, 0.2) is 0 Å². The van der Waals surface area contributed by atoms with E-state index >= 15 is 0 Å². The average Bonchev–Trinajstić information content (AvgIpc) is 2.63. The highest BCUT2D eigenvalue weighted by atomic mass is 79.9. The molecular formula is C12H10BrFN2OS. The predicted molar refractivity (Wildman–Crippen MR) is 75.5 cm³/mol. The molecule has 1 heterocycles. The minimum absolute atomic E-state index is 0.146. The number of benzene rings is 1. The summed E-state index contributed by atoms with van der Waals surface area (Å²) in [4.78, 5) is 13.2. The molecule has 0 unspecified atom stereocenters. The molecule has 0 bridgehead atoms. The molecule has 1 aromatic heterocycles. The average molecular weight is 329 g/mol. The maximum absolute atomic E-state index is 13.5. The van der Waals surface area contributed by atoms with Crippen LogP contribution in [0.5, 0.6) is 0 Å². The van der Waals surface area contributed by atoms with Crippen LogP contribution < -0.4 is 11.1 Å². The van der Waals surface area contributed by atoms with E-state index < -0.39 is 5.82 Å². The van der Waals surface area contributed by atoms with Crippen molar-refractivity contribution in [2.75, 3.05) is 11.1 Å². The summed E-state index contributed by atoms with van der Waals surface area (Å²) < 4.78 is 14.2. The number of rotatable bonds is 2. The lowest BCUT2D eigenvalue weighted by Gasteiger charge is -2.05. The number of hydrogen-bond donors (Lipinski definition) is 2. The molecule has 0 atom stereocenters. The van der Waals surface area contributed by atoms with Crippen LogP contribution in [0, 0.1) is 12.7 Å². The Morgan fingerprint density at radius 1 is 1.44 bits per heavy atom. The van der Waals surface area contributed by atoms with Gasteiger partial charge in [0.2, 0.25) is 0 Å². The van der Waals surface area contributed by atoms with Crippen molar-refractivity contribution in [1.82, 2.24) is 0 Å². The first kappa shape index (κ1) is 13.0. The standard InChI is InChI=1S/C12H10BrFN2OS/c1-6-9(15)5-11(18-6)12(17)16-10-3-2-7(13)4-8(10)14/h2-5H,15H2,1H3,(H,16,17). The van der Waals surface area contributed by atoms with E-state index in [0.29, 0.717) is 15.0 Å². The van der Waals surface area contributed by atoms with Gasteiger partial charge in [-0.2, -0.15) is 0 Å². The van der Waals surface area contributed by atoms with Crippen LogP contribution in [0.1, 0.15) is 14.5 Å². The lowest BCUT2D eigenvalue weighted by Crippen LogP contribution is -2.11. The lowest BCUT2D eigenvalue weighted by atomic mass is 10.3. The van der Waals surface area contributed by atoms with Crippen LogP contribution in [0.4, 0.5) is 15.8 Å². The fraction of sp³-hybridized carbons (Fsp3) is 0.0833. The van der Waals surface area contributed by atoms with Crippen molar-refractivity contribution >= 4 is 44.5 Å². The summed E-state index contributed by atoms with van der Waals surface area (Å²) in [5.41, 5.74) is 6.39. The van der Waals surface area contributed by atoms with E-state index in [1.54, 1.807) is 12.1 Å². The second kappa shape index (κ2) is 5.07. The minimum atomic E-state index is -0.487. The highest BCUT2D eigenvalue weighted by Gasteiger charge is 2.13. The number of hydrogen-bond acceptors (Lipinski definition) is 3. The second-order valence-corrected chi connectivity index (χ2v) is 5.87. The Bertz CT molecular complexity index is 593. The third-order valence-corrected chi connectivity index (χ3v) is 3.92. The van der Waals surface area contributed by atoms with Gasteiger partial charge in [-0.3, -0.25) is 4.79 Å². The Balaban J connectivity index is 2.21. The maximum atomic E-state index is 13.5. The SMILES string of the molecule is Cc1sc(C(=O)Nc2ccc(Br)cc2F)cc1N. The lowest BCUT2D eigenvalue weighted by molar-refractivity contribution is 0.103. The summed E-state index contributed by atoms with van der Waals surface area (Å²) in [5.74, 6) is -0.847. The molecule has 0 aliphatic rings. The van der Waals surface area contributed by atoms with Crippen LogP contribution in [-0.2, 0) is 0 Å². The molecule has 18 heavy (non-hydrogen) atoms. The van der Waals surface area contributed by atoms with Gasteiger partial charge in [-0.1, -0.05) is 15.9 Å². The summed E-state index contributed by atoms with van der Waals surface area (Å²) in [7, 11) is 0. The summed E-state index contributed by atoms with van der Waals surface area (Å²) in [5, 5.41) is 2.51. The van der Waals surface area contributed by atoms with Crippen LogP contribution in [0.15, 0.2) is 28.7 Å². The summed E-state index contributed by atoms with van der Waals surface area (Å²) >= 11 is 4.44. The van der Waals surface area contributed by atoms with Crippen molar-refractivity contribution in [3.05, 3.63) is 44.3 Å². The van der Waals surface area contributed by atoms with Gasteiger partial charge in [0.1, 0.15) is 5.82 Å². The number of halogens is 2. The molecule has 0 saturated heterocycles. The summed E-state index contributed by atoms with van der Waals surface area (Å²) in [6, 6.07) is 6.05. The molecule has 3 N–H and O–H groups in total. The number of carbonyl (C=O) groups is 1. The van der Waals surface area contributed by atoms with Crippen molar-refractivity contribution in [2.45, 2.75) is 6.92 Å². The molecular weight excluding hydrogens is 319 g/mol. The van der Waals surface area contributed by atoms with Crippen molar-refractivity contribution < 1.29 is 9.18 Å². The zero-order valence-electron chi connectivity index (χ0n) is 9.46. The topological polar surface area (TPSA) is 55.1 Å². The second-order valence-electron chi connectivity index (χ2n) is 3.70. The van der Waals surface area contributed by atoms with E-state index in [9.17, 15) is 9.18 Å². The molecule has 1 aromatic carbocycles. The van der Waals surface area contributed by atoms with E-state index in [1.807, 2.05) is 6.92 Å². The smallest absolute Gasteiger partial charge is 0.265 e. The van der Waals surface area contributed by atoms with Crippen LogP contribution in [-0.4, -0.2) is 5.91 Å². The first-order valence-electron chi connectivity index (χ1n) is 5.09. The van der Waals surface area contributed by atoms with Gasteiger partial charge < -0.3 is 11.1 Å². The summed E-state index contributed by atoms with van der Waals surface area (Å²) in [6.45, 7) is 1.83. The zero-order chi connectivity index (χ0) is 13.3. The van der Waals surface area contributed by atoms with Crippen molar-refractivity contribution in [2.24, 2.45) is 0 Å². The number of nitrogen functional groups attached to an aromatic ring is 1. The van der Waals surface area contributed by atoms with Crippen molar-refractivity contribution in [1.29, 1.82) is 0 Å². The normalized spacial score (nSPS) is 10.4. The molecule has 0 aliphatic heterocycles. The first-order chi connectivity index (χ1) is 8.47. The Hall–Kier alpha value is -1.40. The molecule has 1 amide bonds. The first-order valence-corrected chi connectivity index (χ1v) is 6.70. The van der Waals surface area contributed by atoms with E-state index in [4.69, 9.17) is 5.73 Å². The zero-order valence-corrected chi connectivity index (χ0v) is 11.9. The number of nitrogens with one attached hydrogen (secondary N) is 1. The fourth-order valence-electron chi connectivity index (χ4n) is 1.38. The van der Waals surface area contributed by atoms with Crippen molar-refractivity contribution in [3.63, 3.8) is 0 Å². The third-order valence-electron chi connectivity index (χ3n) is 2.36. The molecule has 3 nitrogen and oxygen atoms in total. The van der Waals surface area contributed by atoms with Gasteiger partial charge >= 0.3 is 0 Å². The van der Waals surface area contributed by atoms with Gasteiger partial charge in [-0.25, -0.2) is 4.39 Å². The van der Waals surface area contributed by atoms with Gasteiger partial charge in [-0.05, 0) is 31.2 Å². The van der Waals surface area contributed by atoms with Crippen molar-refractivity contribution in [3.8, 4) is 0 Å². The molecule has 6 heteroatoms. The highest BCUT2D eigenvalue weighted by molar-refractivity contribution is 9.10. The van der Waals surface area contributed by atoms with Crippen LogP contribution in [0.2, 0.25) is 0 Å². The van der Waals surface area contributed by atoms with Gasteiger partial charge in [-0.15, -0.1) is 11.3 Å². The monoisotopic (exact) mass is 328 g/mol. The van der Waals surface area contributed by atoms with E-state index in [1.165, 1.54) is 23.5 Å². The van der Waals surface area contributed by atoms with Crippen LogP contribution >= 0.6 is 27.3 Å². The molecule has 0 radical (unpaired) electrons. The number of amides is 1. The Morgan fingerprint density at radius 2 is 2.17 bits per heavy atom. The summed E-state index contributed by atoms with van der Waals surface area (Å²) in [6.07, 6.45) is 0. The molecule has 94 valence electrons. The van der Waals surface area contributed by atoms with Crippen LogP contribution in [0.25, 0.3) is 0 Å². The highest BCUT2D eigenvalue weighted by Crippen LogP contribution is 2.25. The third kappa shape index (κ3) is 2.70. The Labute approximate surface area is 116 Å². The number of thiophene rings is 1. The van der Waals surface area contributed by atoms with Gasteiger partial charge in [0.25, 0.3) is 5.91 Å².